The molecule has 0 bridgehead atoms. The van der Waals surface area contributed by atoms with E-state index in [9.17, 15) is 9.59 Å². The number of nitrogens with one attached hydrogen (secondary N) is 2. The van der Waals surface area contributed by atoms with Crippen LogP contribution in [0.25, 0.3) is 0 Å². The monoisotopic (exact) mass is 410 g/mol. The molecule has 1 aliphatic heterocycles. The molecule has 1 heterocycles. The van der Waals surface area contributed by atoms with E-state index in [1.54, 1.807) is 19.1 Å². The van der Waals surface area contributed by atoms with Gasteiger partial charge < -0.3 is 24.8 Å². The highest BCUT2D eigenvalue weighted by molar-refractivity contribution is 9.10. The molecule has 0 saturated heterocycles. The largest absolute Gasteiger partial charge is 0.496 e. The van der Waals surface area contributed by atoms with Crippen LogP contribution in [0.5, 0.6) is 11.5 Å². The standard InChI is InChI=1S/C17H19BrN2O5/c1-5-6-25-16(21)14-9(2)19-17(22)20-15(14)10-7-13(24-4)11(18)8-12(10)23-3/h5,7-8,15H,1,6H2,2-4H3,(H2,19,20,22)/t15-/m0/s1. The minimum absolute atomic E-state index is 0.0665. The number of benzene rings is 1. The maximum absolute atomic E-state index is 12.5. The summed E-state index contributed by atoms with van der Waals surface area (Å²) in [6, 6.07) is 2.24. The van der Waals surface area contributed by atoms with Crippen LogP contribution in [0.3, 0.4) is 0 Å². The minimum Gasteiger partial charge on any atom is -0.496 e. The summed E-state index contributed by atoms with van der Waals surface area (Å²) in [7, 11) is 3.03. The van der Waals surface area contributed by atoms with Gasteiger partial charge in [0.25, 0.3) is 0 Å². The predicted molar refractivity (Wildman–Crippen MR) is 95.5 cm³/mol. The molecule has 134 valence electrons. The second kappa shape index (κ2) is 8.06. The maximum Gasteiger partial charge on any atom is 0.338 e. The van der Waals surface area contributed by atoms with Crippen molar-refractivity contribution in [1.29, 1.82) is 0 Å². The van der Waals surface area contributed by atoms with Crippen LogP contribution in [-0.4, -0.2) is 32.8 Å². The molecule has 0 saturated carbocycles. The van der Waals surface area contributed by atoms with Crippen molar-refractivity contribution in [2.75, 3.05) is 20.8 Å². The summed E-state index contributed by atoms with van der Waals surface area (Å²) in [6.45, 7) is 5.23. The summed E-state index contributed by atoms with van der Waals surface area (Å²) >= 11 is 3.39. The van der Waals surface area contributed by atoms with Gasteiger partial charge in [0.15, 0.2) is 0 Å². The van der Waals surface area contributed by atoms with Crippen LogP contribution in [-0.2, 0) is 9.53 Å². The highest BCUT2D eigenvalue weighted by Gasteiger charge is 2.34. The van der Waals surface area contributed by atoms with Crippen molar-refractivity contribution < 1.29 is 23.8 Å². The molecule has 0 aromatic heterocycles. The van der Waals surface area contributed by atoms with Crippen LogP contribution in [0.15, 0.2) is 40.5 Å². The van der Waals surface area contributed by atoms with E-state index in [0.717, 1.165) is 0 Å². The van der Waals surface area contributed by atoms with E-state index >= 15 is 0 Å². The van der Waals surface area contributed by atoms with Crippen molar-refractivity contribution in [1.82, 2.24) is 10.6 Å². The fourth-order valence-corrected chi connectivity index (χ4v) is 3.00. The molecule has 1 aromatic carbocycles. The van der Waals surface area contributed by atoms with E-state index < -0.39 is 18.0 Å². The Morgan fingerprint density at radius 2 is 2.00 bits per heavy atom. The van der Waals surface area contributed by atoms with Crippen LogP contribution < -0.4 is 20.1 Å². The molecule has 1 aromatic rings. The van der Waals surface area contributed by atoms with E-state index in [-0.39, 0.29) is 12.2 Å². The van der Waals surface area contributed by atoms with Gasteiger partial charge in [-0.1, -0.05) is 12.7 Å². The highest BCUT2D eigenvalue weighted by atomic mass is 79.9. The number of carbonyl (C=O) groups excluding carboxylic acids is 2. The molecule has 1 aliphatic rings. The van der Waals surface area contributed by atoms with Crippen LogP contribution in [0, 0.1) is 0 Å². The second-order valence-electron chi connectivity index (χ2n) is 5.19. The first-order chi connectivity index (χ1) is 11.9. The number of esters is 1. The molecule has 2 amide bonds. The topological polar surface area (TPSA) is 85.9 Å². The molecule has 0 fully saturated rings. The molecule has 2 N–H and O–H groups in total. The van der Waals surface area contributed by atoms with Crippen molar-refractivity contribution in [3.63, 3.8) is 0 Å². The molecular weight excluding hydrogens is 392 g/mol. The van der Waals surface area contributed by atoms with Crippen molar-refractivity contribution in [2.45, 2.75) is 13.0 Å². The smallest absolute Gasteiger partial charge is 0.338 e. The van der Waals surface area contributed by atoms with Crippen LogP contribution in [0.1, 0.15) is 18.5 Å². The number of amides is 2. The number of rotatable bonds is 6. The molecule has 0 spiro atoms. The van der Waals surface area contributed by atoms with Crippen LogP contribution in [0.4, 0.5) is 4.79 Å². The van der Waals surface area contributed by atoms with Crippen molar-refractivity contribution >= 4 is 27.9 Å². The Balaban J connectivity index is 2.57. The second-order valence-corrected chi connectivity index (χ2v) is 6.04. The number of hydrogen-bond acceptors (Lipinski definition) is 5. The van der Waals surface area contributed by atoms with Gasteiger partial charge in [-0.3, -0.25) is 0 Å². The predicted octanol–water partition coefficient (Wildman–Crippen LogP) is 2.82. The summed E-state index contributed by atoms with van der Waals surface area (Å²) in [6.07, 6.45) is 1.47. The normalized spacial score (nSPS) is 16.6. The third kappa shape index (κ3) is 3.96. The summed E-state index contributed by atoms with van der Waals surface area (Å²) in [4.78, 5) is 24.4. The average molecular weight is 411 g/mol. The quantitative estimate of drug-likeness (QED) is 0.556. The average Bonchev–Trinajstić information content (AvgIpc) is 2.58. The lowest BCUT2D eigenvalue weighted by Crippen LogP contribution is -2.45. The van der Waals surface area contributed by atoms with E-state index in [4.69, 9.17) is 14.2 Å². The van der Waals surface area contributed by atoms with Gasteiger partial charge in [-0.05, 0) is 35.0 Å². The fraction of sp³-hybridized carbons (Fsp3) is 0.294. The van der Waals surface area contributed by atoms with Gasteiger partial charge in [-0.2, -0.15) is 0 Å². The van der Waals surface area contributed by atoms with E-state index in [1.807, 2.05) is 0 Å². The third-order valence-electron chi connectivity index (χ3n) is 3.64. The molecule has 0 unspecified atom stereocenters. The fourth-order valence-electron chi connectivity index (χ4n) is 2.52. The van der Waals surface area contributed by atoms with Gasteiger partial charge >= 0.3 is 12.0 Å². The first-order valence-electron chi connectivity index (χ1n) is 7.40. The SMILES string of the molecule is C=CCOC(=O)C1=C(C)NC(=O)N[C@H]1c1cc(OC)c(Br)cc1OC. The molecule has 2 rings (SSSR count). The molecule has 0 radical (unpaired) electrons. The number of ether oxygens (including phenoxy) is 3. The zero-order chi connectivity index (χ0) is 18.6. The van der Waals surface area contributed by atoms with Crippen molar-refractivity contribution in [3.05, 3.63) is 46.1 Å². The Labute approximate surface area is 154 Å². The van der Waals surface area contributed by atoms with Crippen LogP contribution in [0.2, 0.25) is 0 Å². The van der Waals surface area contributed by atoms with Crippen molar-refractivity contribution in [2.24, 2.45) is 0 Å². The number of halogens is 1. The summed E-state index contributed by atoms with van der Waals surface area (Å²) in [5.74, 6) is 0.473. The van der Waals surface area contributed by atoms with E-state index in [2.05, 4.69) is 33.1 Å². The summed E-state index contributed by atoms with van der Waals surface area (Å²) in [5, 5.41) is 5.32. The molecule has 0 aliphatic carbocycles. The van der Waals surface area contributed by atoms with Gasteiger partial charge in [-0.25, -0.2) is 9.59 Å². The van der Waals surface area contributed by atoms with Gasteiger partial charge in [0.05, 0.1) is 30.3 Å². The van der Waals surface area contributed by atoms with Gasteiger partial charge in [0, 0.05) is 11.3 Å². The Hall–Kier alpha value is -2.48. The van der Waals surface area contributed by atoms with Crippen molar-refractivity contribution in [3.8, 4) is 11.5 Å². The number of carbonyl (C=O) groups is 2. The van der Waals surface area contributed by atoms with Gasteiger partial charge in [-0.15, -0.1) is 0 Å². The van der Waals surface area contributed by atoms with Gasteiger partial charge in [0.1, 0.15) is 18.1 Å². The summed E-state index contributed by atoms with van der Waals surface area (Å²) in [5.41, 5.74) is 1.26. The third-order valence-corrected chi connectivity index (χ3v) is 4.26. The first kappa shape index (κ1) is 18.9. The lowest BCUT2D eigenvalue weighted by atomic mass is 9.94. The lowest BCUT2D eigenvalue weighted by molar-refractivity contribution is -0.138. The Bertz CT molecular complexity index is 745. The number of hydrogen-bond donors (Lipinski definition) is 2. The molecular formula is C17H19BrN2O5. The lowest BCUT2D eigenvalue weighted by Gasteiger charge is -2.29. The first-order valence-corrected chi connectivity index (χ1v) is 8.19. The molecule has 1 atom stereocenters. The Morgan fingerprint density at radius 1 is 1.32 bits per heavy atom. The van der Waals surface area contributed by atoms with E-state index in [1.165, 1.54) is 20.3 Å². The maximum atomic E-state index is 12.5. The molecule has 25 heavy (non-hydrogen) atoms. The number of methoxy groups -OCH3 is 2. The van der Waals surface area contributed by atoms with E-state index in [0.29, 0.717) is 27.2 Å². The summed E-state index contributed by atoms with van der Waals surface area (Å²) < 4.78 is 16.6. The highest BCUT2D eigenvalue weighted by Crippen LogP contribution is 2.39. The zero-order valence-electron chi connectivity index (χ0n) is 14.1. The minimum atomic E-state index is -0.747. The molecule has 7 nitrogen and oxygen atoms in total. The number of urea groups is 1. The Kier molecular flexibility index (Phi) is 6.08. The number of allylic oxidation sites excluding steroid dienone is 1. The van der Waals surface area contributed by atoms with Crippen LogP contribution >= 0.6 is 15.9 Å². The molecule has 8 heteroatoms. The zero-order valence-corrected chi connectivity index (χ0v) is 15.7. The Morgan fingerprint density at radius 3 is 2.60 bits per heavy atom. The van der Waals surface area contributed by atoms with Gasteiger partial charge in [0.2, 0.25) is 0 Å².